The summed E-state index contributed by atoms with van der Waals surface area (Å²) < 4.78 is 49.6. The van der Waals surface area contributed by atoms with Crippen molar-refractivity contribution in [2.75, 3.05) is 0 Å². The van der Waals surface area contributed by atoms with Crippen LogP contribution in [0.15, 0.2) is 0 Å². The van der Waals surface area contributed by atoms with E-state index in [0.29, 0.717) is 0 Å². The second-order valence-corrected chi connectivity index (χ2v) is 1.75. The zero-order valence-electron chi connectivity index (χ0n) is 4.90. The van der Waals surface area contributed by atoms with Crippen molar-refractivity contribution in [3.05, 3.63) is 0 Å². The van der Waals surface area contributed by atoms with Crippen molar-refractivity contribution in [1.29, 1.82) is 0 Å². The molecule has 0 radical (unpaired) electrons. The average Bonchev–Trinajstić information content (AvgIpc) is 1.69. The molecule has 52 valence electrons. The molecule has 0 rings (SSSR count). The zero-order chi connectivity index (χ0) is 8.08. The fourth-order valence-electron chi connectivity index (χ4n) is 0. The van der Waals surface area contributed by atoms with E-state index in [1.165, 1.54) is 0 Å². The summed E-state index contributed by atoms with van der Waals surface area (Å²) in [6, 6.07) is 0. The zero-order valence-corrected chi connectivity index (χ0v) is 5.79. The first-order chi connectivity index (χ1) is 3.94. The van der Waals surface area contributed by atoms with E-state index < -0.39 is 16.2 Å². The topological polar surface area (TPSA) is 34.1 Å². The molecule has 9 heavy (non-hydrogen) atoms. The summed E-state index contributed by atoms with van der Waals surface area (Å²) >= 11 is 2.00. The van der Waals surface area contributed by atoms with Gasteiger partial charge in [-0.25, -0.2) is 8.42 Å². The summed E-state index contributed by atoms with van der Waals surface area (Å²) in [6.07, 6.45) is 0. The molecule has 0 saturated heterocycles. The summed E-state index contributed by atoms with van der Waals surface area (Å²) in [6.45, 7) is 0. The van der Waals surface area contributed by atoms with Crippen molar-refractivity contribution in [1.82, 2.24) is 0 Å². The molecule has 0 saturated carbocycles. The second kappa shape index (κ2) is 5.15. The molecule has 0 amide bonds. The molecule has 0 aliphatic carbocycles. The molecule has 0 aromatic carbocycles. The van der Waals surface area contributed by atoms with E-state index in [0.717, 1.165) is 0 Å². The maximum atomic E-state index is 10.6. The Morgan fingerprint density at radius 3 is 1.33 bits per heavy atom. The summed E-state index contributed by atoms with van der Waals surface area (Å²) in [5, 5.41) is 0. The van der Waals surface area contributed by atoms with E-state index in [4.69, 9.17) is 8.42 Å². The average molecular weight is 156 g/mol. The molecule has 0 aromatic heterocycles. The van der Waals surface area contributed by atoms with Gasteiger partial charge in [0.25, 0.3) is 0 Å². The first kappa shape index (κ1) is 12.1. The van der Waals surface area contributed by atoms with Crippen LogP contribution < -0.4 is 0 Å². The number of rotatable bonds is 0. The van der Waals surface area contributed by atoms with Gasteiger partial charge in [0.2, 0.25) is 10.7 Å². The Kier molecular flexibility index (Phi) is 6.90. The maximum absolute atomic E-state index is 10.6. The number of thiol groups is 1. The monoisotopic (exact) mass is 156 g/mol. The first-order valence-electron chi connectivity index (χ1n) is 2.16. The molecule has 0 spiro atoms. The molecule has 0 atom stereocenters. The van der Waals surface area contributed by atoms with Crippen LogP contribution in [0.2, 0.25) is 5.60 Å². The number of hydrogen-bond acceptors (Lipinski definition) is 2. The molecule has 0 unspecified atom stereocenters. The van der Waals surface area contributed by atoms with Crippen molar-refractivity contribution in [2.45, 2.75) is 11.1 Å². The van der Waals surface area contributed by atoms with Crippen LogP contribution in [0.1, 0.15) is 0 Å². The van der Waals surface area contributed by atoms with Gasteiger partial charge in [-0.05, 0) is 0 Å². The van der Waals surface area contributed by atoms with Gasteiger partial charge < -0.3 is 0 Å². The van der Waals surface area contributed by atoms with Crippen LogP contribution in [0.5, 0.6) is 0 Å². The summed E-state index contributed by atoms with van der Waals surface area (Å²) in [7, 11) is -4.24. The number of halogens is 3. The molecular weight excluding hydrogens is 152 g/mol. The van der Waals surface area contributed by atoms with E-state index >= 15 is 0 Å². The number of hydrogen-bond donors (Lipinski definition) is 1. The molecule has 0 bridgehead atoms. The van der Waals surface area contributed by atoms with Crippen LogP contribution in [-0.2, 0) is 10.7 Å². The van der Waals surface area contributed by atoms with E-state index in [1.54, 1.807) is 0 Å². The predicted molar refractivity (Wildman–Crippen MR) is 28.0 cm³/mol. The van der Waals surface area contributed by atoms with E-state index in [-0.39, 0.29) is 0 Å². The molecule has 0 aromatic rings. The fraction of sp³-hybridized carbons (Fsp3) is 1.00. The fourth-order valence-corrected chi connectivity index (χ4v) is 0. The van der Waals surface area contributed by atoms with Gasteiger partial charge in [-0.2, -0.15) is 13.2 Å². The number of alkyl halides is 3. The molecule has 0 aliphatic rings. The van der Waals surface area contributed by atoms with Gasteiger partial charge in [0, 0.05) is 0 Å². The van der Waals surface area contributed by atoms with Crippen molar-refractivity contribution in [2.24, 2.45) is 0 Å². The summed E-state index contributed by atoms with van der Waals surface area (Å²) in [4.78, 5) is 0. The summed E-state index contributed by atoms with van der Waals surface area (Å²) in [5.74, 6) is 0. The second-order valence-electron chi connectivity index (χ2n) is 0.725. The van der Waals surface area contributed by atoms with Crippen LogP contribution in [-0.4, -0.2) is 31.6 Å². The van der Waals surface area contributed by atoms with Crippen LogP contribution in [0.3, 0.4) is 0 Å². The summed E-state index contributed by atoms with van der Waals surface area (Å²) in [5.41, 5.74) is -3.05. The molecule has 0 heterocycles. The molecule has 7 heteroatoms. The molecular formula is C2H4F3LiO2S. The Labute approximate surface area is 61.6 Å². The third-order valence-corrected chi connectivity index (χ3v) is 0.621. The molecule has 0 aliphatic heterocycles. The SMILES string of the molecule is O=[SH](=O)C(F)(F)F.[Li][CH3]. The van der Waals surface area contributed by atoms with Gasteiger partial charge >= 0.3 is 28.8 Å². The Bertz CT molecular complexity index is 120. The van der Waals surface area contributed by atoms with E-state index in [2.05, 4.69) is 0 Å². The van der Waals surface area contributed by atoms with Crippen molar-refractivity contribution in [3.63, 3.8) is 0 Å². The van der Waals surface area contributed by atoms with E-state index in [1.807, 2.05) is 23.3 Å². The van der Waals surface area contributed by atoms with Gasteiger partial charge in [0.15, 0.2) is 0 Å². The first-order valence-corrected chi connectivity index (χ1v) is 3.33. The van der Waals surface area contributed by atoms with Crippen LogP contribution in [0.4, 0.5) is 13.2 Å². The van der Waals surface area contributed by atoms with Gasteiger partial charge in [-0.3, -0.25) is 0 Å². The third-order valence-electron chi connectivity index (χ3n) is 0.207. The van der Waals surface area contributed by atoms with Crippen molar-refractivity contribution < 1.29 is 21.6 Å². The standard InChI is InChI=1S/CHF3O2S.CH3.Li/c2-1(3,4)7(5)6;;/h7H;1H3;. The van der Waals surface area contributed by atoms with Crippen LogP contribution >= 0.6 is 0 Å². The third kappa shape index (κ3) is 8.34. The molecule has 2 nitrogen and oxygen atoms in total. The van der Waals surface area contributed by atoms with Crippen molar-refractivity contribution >= 4 is 28.4 Å². The normalized spacial score (nSPS) is 10.6. The van der Waals surface area contributed by atoms with E-state index in [9.17, 15) is 13.2 Å². The predicted octanol–water partition coefficient (Wildman–Crippen LogP) is 0.321. The Morgan fingerprint density at radius 1 is 1.22 bits per heavy atom. The van der Waals surface area contributed by atoms with Gasteiger partial charge in [0.05, 0.1) is 0 Å². The Morgan fingerprint density at radius 2 is 1.33 bits per heavy atom. The van der Waals surface area contributed by atoms with Crippen LogP contribution in [0, 0.1) is 0 Å². The van der Waals surface area contributed by atoms with Crippen LogP contribution in [0.25, 0.3) is 0 Å². The van der Waals surface area contributed by atoms with Gasteiger partial charge in [-0.1, -0.05) is 0 Å². The van der Waals surface area contributed by atoms with Gasteiger partial charge in [-0.15, -0.1) is 0 Å². The Balaban J connectivity index is 0. The molecule has 0 fully saturated rings. The van der Waals surface area contributed by atoms with Gasteiger partial charge in [0.1, 0.15) is 0 Å². The minimum absolute atomic E-state index is 2.00. The quantitative estimate of drug-likeness (QED) is 0.404. The minimum atomic E-state index is -5.05. The van der Waals surface area contributed by atoms with Crippen molar-refractivity contribution in [3.8, 4) is 0 Å². The molecule has 0 N–H and O–H groups in total. The Hall–Kier alpha value is 0.337.